The Morgan fingerprint density at radius 3 is 2.43 bits per heavy atom. The number of nitrogens with one attached hydrogen (secondary N) is 1. The molecular formula is C19H24ClNO2. The molecule has 0 bridgehead atoms. The summed E-state index contributed by atoms with van der Waals surface area (Å²) in [6.45, 7) is 3.37. The molecule has 2 aromatic carbocycles. The van der Waals surface area contributed by atoms with E-state index in [1.807, 2.05) is 18.2 Å². The van der Waals surface area contributed by atoms with E-state index in [1.165, 1.54) is 24.0 Å². The Balaban J connectivity index is 0.00000192. The Morgan fingerprint density at radius 2 is 1.74 bits per heavy atom. The summed E-state index contributed by atoms with van der Waals surface area (Å²) in [5, 5.41) is 3.38. The van der Waals surface area contributed by atoms with E-state index in [-0.39, 0.29) is 12.4 Å². The molecule has 0 aromatic heterocycles. The van der Waals surface area contributed by atoms with Gasteiger partial charge in [-0.2, -0.15) is 0 Å². The monoisotopic (exact) mass is 333 g/mol. The van der Waals surface area contributed by atoms with E-state index in [2.05, 4.69) is 41.7 Å². The fraction of sp³-hybridized carbons (Fsp3) is 0.368. The first-order valence-corrected chi connectivity index (χ1v) is 8.02. The average Bonchev–Trinajstić information content (AvgIpc) is 3.09. The van der Waals surface area contributed by atoms with Crippen molar-refractivity contribution in [2.75, 3.05) is 26.3 Å². The molecule has 1 aliphatic rings. The van der Waals surface area contributed by atoms with Crippen LogP contribution >= 0.6 is 12.4 Å². The molecule has 124 valence electrons. The third-order valence-electron chi connectivity index (χ3n) is 3.91. The lowest BCUT2D eigenvalue weighted by Gasteiger charge is -2.11. The SMILES string of the molecule is Cl.c1ccc(-c2ccc(OCCNCC3CCCO3)cc2)cc1. The Bertz CT molecular complexity index is 553. The lowest BCUT2D eigenvalue weighted by atomic mass is 10.1. The van der Waals surface area contributed by atoms with Gasteiger partial charge in [-0.05, 0) is 36.1 Å². The molecule has 1 unspecified atom stereocenters. The van der Waals surface area contributed by atoms with Crippen molar-refractivity contribution in [3.63, 3.8) is 0 Å². The van der Waals surface area contributed by atoms with Crippen molar-refractivity contribution >= 4 is 12.4 Å². The van der Waals surface area contributed by atoms with E-state index in [9.17, 15) is 0 Å². The van der Waals surface area contributed by atoms with Crippen molar-refractivity contribution in [2.45, 2.75) is 18.9 Å². The largest absolute Gasteiger partial charge is 0.492 e. The Hall–Kier alpha value is -1.55. The van der Waals surface area contributed by atoms with Crippen LogP contribution in [0.1, 0.15) is 12.8 Å². The fourth-order valence-corrected chi connectivity index (χ4v) is 2.68. The normalized spacial score (nSPS) is 16.8. The Labute approximate surface area is 144 Å². The zero-order valence-corrected chi connectivity index (χ0v) is 14.1. The summed E-state index contributed by atoms with van der Waals surface area (Å²) in [5.41, 5.74) is 2.44. The smallest absolute Gasteiger partial charge is 0.119 e. The topological polar surface area (TPSA) is 30.5 Å². The van der Waals surface area contributed by atoms with Gasteiger partial charge in [0.1, 0.15) is 12.4 Å². The first-order chi connectivity index (χ1) is 10.9. The van der Waals surface area contributed by atoms with Crippen molar-refractivity contribution in [3.8, 4) is 16.9 Å². The molecule has 3 rings (SSSR count). The van der Waals surface area contributed by atoms with Crippen LogP contribution in [-0.2, 0) is 4.74 Å². The summed E-state index contributed by atoms with van der Waals surface area (Å²) in [7, 11) is 0. The second-order valence-corrected chi connectivity index (χ2v) is 5.58. The molecule has 23 heavy (non-hydrogen) atoms. The predicted molar refractivity (Wildman–Crippen MR) is 96.5 cm³/mol. The van der Waals surface area contributed by atoms with Gasteiger partial charge >= 0.3 is 0 Å². The molecular weight excluding hydrogens is 310 g/mol. The highest BCUT2D eigenvalue weighted by molar-refractivity contribution is 5.85. The molecule has 1 saturated heterocycles. The molecule has 1 fully saturated rings. The maximum atomic E-state index is 5.76. The van der Waals surface area contributed by atoms with E-state index < -0.39 is 0 Å². The number of rotatable bonds is 7. The molecule has 1 heterocycles. The van der Waals surface area contributed by atoms with Crippen molar-refractivity contribution < 1.29 is 9.47 Å². The summed E-state index contributed by atoms with van der Waals surface area (Å²) in [4.78, 5) is 0. The second-order valence-electron chi connectivity index (χ2n) is 5.58. The van der Waals surface area contributed by atoms with Crippen LogP contribution in [0.2, 0.25) is 0 Å². The molecule has 1 aliphatic heterocycles. The van der Waals surface area contributed by atoms with Gasteiger partial charge in [0.25, 0.3) is 0 Å². The molecule has 0 aliphatic carbocycles. The zero-order chi connectivity index (χ0) is 15.0. The average molecular weight is 334 g/mol. The van der Waals surface area contributed by atoms with Crippen molar-refractivity contribution in [1.29, 1.82) is 0 Å². The lowest BCUT2D eigenvalue weighted by Crippen LogP contribution is -2.29. The second kappa shape index (κ2) is 9.56. The standard InChI is InChI=1S/C19H23NO2.ClH/c1-2-5-16(6-3-1)17-8-10-18(11-9-17)22-14-12-20-15-19-7-4-13-21-19;/h1-3,5-6,8-11,19-20H,4,7,12-15H2;1H. The molecule has 1 N–H and O–H groups in total. The van der Waals surface area contributed by atoms with E-state index in [0.717, 1.165) is 25.4 Å². The molecule has 0 spiro atoms. The van der Waals surface area contributed by atoms with Gasteiger partial charge in [0, 0.05) is 19.7 Å². The van der Waals surface area contributed by atoms with Crippen molar-refractivity contribution in [3.05, 3.63) is 54.6 Å². The highest BCUT2D eigenvalue weighted by atomic mass is 35.5. The summed E-state index contributed by atoms with van der Waals surface area (Å²) < 4.78 is 11.3. The summed E-state index contributed by atoms with van der Waals surface area (Å²) in [6, 6.07) is 18.6. The van der Waals surface area contributed by atoms with E-state index in [4.69, 9.17) is 9.47 Å². The molecule has 3 nitrogen and oxygen atoms in total. The third-order valence-corrected chi connectivity index (χ3v) is 3.91. The zero-order valence-electron chi connectivity index (χ0n) is 13.2. The number of ether oxygens (including phenoxy) is 2. The quantitative estimate of drug-likeness (QED) is 0.779. The van der Waals surface area contributed by atoms with Crippen molar-refractivity contribution in [1.82, 2.24) is 5.32 Å². The van der Waals surface area contributed by atoms with Crippen LogP contribution in [0.25, 0.3) is 11.1 Å². The summed E-state index contributed by atoms with van der Waals surface area (Å²) in [5.74, 6) is 0.915. The number of benzene rings is 2. The van der Waals surface area contributed by atoms with Crippen LogP contribution in [0, 0.1) is 0 Å². The van der Waals surface area contributed by atoms with Gasteiger partial charge in [-0.3, -0.25) is 0 Å². The summed E-state index contributed by atoms with van der Waals surface area (Å²) in [6.07, 6.45) is 2.76. The summed E-state index contributed by atoms with van der Waals surface area (Å²) >= 11 is 0. The maximum absolute atomic E-state index is 5.76. The highest BCUT2D eigenvalue weighted by Gasteiger charge is 2.14. The Kier molecular flexibility index (Phi) is 7.40. The number of hydrogen-bond donors (Lipinski definition) is 1. The van der Waals surface area contributed by atoms with Gasteiger partial charge in [0.2, 0.25) is 0 Å². The molecule has 1 atom stereocenters. The number of hydrogen-bond acceptors (Lipinski definition) is 3. The van der Waals surface area contributed by atoms with Crippen molar-refractivity contribution in [2.24, 2.45) is 0 Å². The van der Waals surface area contributed by atoms with Gasteiger partial charge in [-0.15, -0.1) is 12.4 Å². The first kappa shape index (κ1) is 17.8. The Morgan fingerprint density at radius 1 is 1.00 bits per heavy atom. The van der Waals surface area contributed by atoms with Crippen LogP contribution in [-0.4, -0.2) is 32.4 Å². The molecule has 4 heteroatoms. The van der Waals surface area contributed by atoms with Crippen LogP contribution in [0.3, 0.4) is 0 Å². The van der Waals surface area contributed by atoms with Gasteiger partial charge in [-0.1, -0.05) is 42.5 Å². The van der Waals surface area contributed by atoms with Gasteiger partial charge in [0.05, 0.1) is 6.10 Å². The minimum absolute atomic E-state index is 0. The first-order valence-electron chi connectivity index (χ1n) is 8.02. The van der Waals surface area contributed by atoms with E-state index >= 15 is 0 Å². The minimum atomic E-state index is 0. The molecule has 0 radical (unpaired) electrons. The van der Waals surface area contributed by atoms with E-state index in [0.29, 0.717) is 12.7 Å². The predicted octanol–water partition coefficient (Wildman–Crippen LogP) is 3.92. The third kappa shape index (κ3) is 5.54. The van der Waals surface area contributed by atoms with E-state index in [1.54, 1.807) is 0 Å². The highest BCUT2D eigenvalue weighted by Crippen LogP contribution is 2.21. The lowest BCUT2D eigenvalue weighted by molar-refractivity contribution is 0.109. The maximum Gasteiger partial charge on any atom is 0.119 e. The fourth-order valence-electron chi connectivity index (χ4n) is 2.68. The minimum Gasteiger partial charge on any atom is -0.492 e. The van der Waals surface area contributed by atoms with Gasteiger partial charge < -0.3 is 14.8 Å². The molecule has 0 saturated carbocycles. The van der Waals surface area contributed by atoms with Crippen LogP contribution in [0.4, 0.5) is 0 Å². The van der Waals surface area contributed by atoms with Crippen LogP contribution in [0.5, 0.6) is 5.75 Å². The number of halogens is 1. The van der Waals surface area contributed by atoms with Crippen LogP contribution < -0.4 is 10.1 Å². The van der Waals surface area contributed by atoms with Crippen LogP contribution in [0.15, 0.2) is 54.6 Å². The van der Waals surface area contributed by atoms with Gasteiger partial charge in [0.15, 0.2) is 0 Å². The molecule has 2 aromatic rings. The molecule has 0 amide bonds. The van der Waals surface area contributed by atoms with Gasteiger partial charge in [-0.25, -0.2) is 0 Å².